The highest BCUT2D eigenvalue weighted by Crippen LogP contribution is 2.61. The first-order chi connectivity index (χ1) is 13.5. The van der Waals surface area contributed by atoms with Crippen LogP contribution in [0.25, 0.3) is 0 Å². The molecule has 6 heteroatoms. The summed E-state index contributed by atoms with van der Waals surface area (Å²) in [5, 5.41) is 0. The summed E-state index contributed by atoms with van der Waals surface area (Å²) in [6.45, 7) is 2.21. The highest BCUT2D eigenvalue weighted by molar-refractivity contribution is 6.04. The molecular formula is C22H26O6. The Morgan fingerprint density at radius 2 is 1.71 bits per heavy atom. The lowest BCUT2D eigenvalue weighted by atomic mass is 9.59. The third kappa shape index (κ3) is 2.58. The molecule has 2 bridgehead atoms. The van der Waals surface area contributed by atoms with Gasteiger partial charge >= 0.3 is 0 Å². The molecule has 4 atom stereocenters. The van der Waals surface area contributed by atoms with E-state index < -0.39 is 0 Å². The number of carbonyl (C=O) groups is 1. The fourth-order valence-corrected chi connectivity index (χ4v) is 5.02. The Kier molecular flexibility index (Phi) is 4.52. The SMILES string of the molecule is COC1=C[C@]23C[C@@H](C[C@H](c4cc(OC)c(OC)c(OC)c4)[C@H]2C)OC3=CC1=O. The maximum absolute atomic E-state index is 12.3. The van der Waals surface area contributed by atoms with Gasteiger partial charge in [-0.1, -0.05) is 6.92 Å². The molecule has 150 valence electrons. The molecule has 1 aromatic carbocycles. The summed E-state index contributed by atoms with van der Waals surface area (Å²) in [5.41, 5.74) is 0.785. The van der Waals surface area contributed by atoms with Gasteiger partial charge in [0, 0.05) is 12.5 Å². The fraction of sp³-hybridized carbons (Fsp3) is 0.500. The molecule has 0 amide bonds. The average molecular weight is 386 g/mol. The summed E-state index contributed by atoms with van der Waals surface area (Å²) < 4.78 is 28.1. The minimum Gasteiger partial charge on any atom is -0.494 e. The van der Waals surface area contributed by atoms with E-state index in [1.54, 1.807) is 27.4 Å². The van der Waals surface area contributed by atoms with Gasteiger partial charge in [0.25, 0.3) is 0 Å². The van der Waals surface area contributed by atoms with Gasteiger partial charge in [0.05, 0.1) is 33.9 Å². The Morgan fingerprint density at radius 3 is 2.29 bits per heavy atom. The minimum absolute atomic E-state index is 0.0618. The van der Waals surface area contributed by atoms with Crippen LogP contribution in [0, 0.1) is 11.3 Å². The molecule has 0 unspecified atom stereocenters. The summed E-state index contributed by atoms with van der Waals surface area (Å²) in [5.74, 6) is 3.31. The van der Waals surface area contributed by atoms with E-state index in [2.05, 4.69) is 6.92 Å². The number of rotatable bonds is 5. The van der Waals surface area contributed by atoms with Gasteiger partial charge in [0.15, 0.2) is 17.3 Å². The zero-order chi connectivity index (χ0) is 20.1. The first kappa shape index (κ1) is 18.7. The minimum atomic E-state index is -0.326. The summed E-state index contributed by atoms with van der Waals surface area (Å²) >= 11 is 0. The molecule has 1 aromatic rings. The predicted molar refractivity (Wildman–Crippen MR) is 103 cm³/mol. The zero-order valence-corrected chi connectivity index (χ0v) is 16.9. The maximum Gasteiger partial charge on any atom is 0.223 e. The molecule has 1 aliphatic heterocycles. The molecule has 2 aliphatic carbocycles. The van der Waals surface area contributed by atoms with Gasteiger partial charge in [-0.2, -0.15) is 0 Å². The highest BCUT2D eigenvalue weighted by Gasteiger charge is 2.57. The van der Waals surface area contributed by atoms with Crippen LogP contribution in [0.3, 0.4) is 0 Å². The van der Waals surface area contributed by atoms with Gasteiger partial charge in [-0.15, -0.1) is 0 Å². The van der Waals surface area contributed by atoms with Crippen molar-refractivity contribution in [3.63, 3.8) is 0 Å². The molecule has 6 nitrogen and oxygen atoms in total. The van der Waals surface area contributed by atoms with Crippen LogP contribution < -0.4 is 14.2 Å². The van der Waals surface area contributed by atoms with Gasteiger partial charge in [-0.25, -0.2) is 0 Å². The van der Waals surface area contributed by atoms with Crippen LogP contribution in [-0.2, 0) is 14.3 Å². The molecule has 1 saturated carbocycles. The molecule has 2 fully saturated rings. The normalized spacial score (nSPS) is 30.6. The van der Waals surface area contributed by atoms with Crippen LogP contribution in [-0.4, -0.2) is 40.3 Å². The van der Waals surface area contributed by atoms with Crippen LogP contribution >= 0.6 is 0 Å². The monoisotopic (exact) mass is 386 g/mol. The van der Waals surface area contributed by atoms with E-state index in [1.807, 2.05) is 18.2 Å². The van der Waals surface area contributed by atoms with E-state index in [0.29, 0.717) is 23.0 Å². The van der Waals surface area contributed by atoms with Crippen molar-refractivity contribution in [1.82, 2.24) is 0 Å². The molecule has 0 aromatic heterocycles. The number of hydrogen-bond donors (Lipinski definition) is 0. The first-order valence-electron chi connectivity index (χ1n) is 9.47. The Bertz CT molecular complexity index is 845. The Hall–Kier alpha value is -2.63. The first-order valence-corrected chi connectivity index (χ1v) is 9.47. The molecule has 28 heavy (non-hydrogen) atoms. The predicted octanol–water partition coefficient (Wildman–Crippen LogP) is 3.61. The molecule has 1 spiro atoms. The lowest BCUT2D eigenvalue weighted by molar-refractivity contribution is -0.114. The Morgan fingerprint density at radius 1 is 1.04 bits per heavy atom. The standard InChI is InChI=1S/C22H26O6/c1-12-15(13-6-17(24-2)21(27-5)18(7-13)25-3)8-14-10-22(12)11-19(26-4)16(23)9-20(22)28-14/h6-7,9,11-12,14-15H,8,10H2,1-5H3/t12-,14-,15+,22-/m1/s1. The number of carbonyl (C=O) groups excluding carboxylic acids is 1. The lowest BCUT2D eigenvalue weighted by Crippen LogP contribution is -2.37. The number of ketones is 1. The number of methoxy groups -OCH3 is 4. The molecule has 3 aliphatic rings. The second kappa shape index (κ2) is 6.76. The van der Waals surface area contributed by atoms with E-state index in [4.69, 9.17) is 23.7 Å². The van der Waals surface area contributed by atoms with E-state index >= 15 is 0 Å². The largest absolute Gasteiger partial charge is 0.494 e. The van der Waals surface area contributed by atoms with Gasteiger partial charge < -0.3 is 23.7 Å². The number of benzene rings is 1. The van der Waals surface area contributed by atoms with Crippen LogP contribution in [0.15, 0.2) is 35.8 Å². The van der Waals surface area contributed by atoms with Gasteiger partial charge in [-0.3, -0.25) is 4.79 Å². The van der Waals surface area contributed by atoms with Gasteiger partial charge in [-0.05, 0) is 42.0 Å². The Labute approximate surface area is 165 Å². The van der Waals surface area contributed by atoms with Crippen molar-refractivity contribution in [3.8, 4) is 17.2 Å². The van der Waals surface area contributed by atoms with Crippen molar-refractivity contribution >= 4 is 5.78 Å². The van der Waals surface area contributed by atoms with E-state index in [1.165, 1.54) is 7.11 Å². The van der Waals surface area contributed by atoms with Crippen LogP contribution in [0.1, 0.15) is 31.2 Å². The van der Waals surface area contributed by atoms with Crippen molar-refractivity contribution in [2.75, 3.05) is 28.4 Å². The number of fused-ring (bicyclic) bond motifs is 1. The quantitative estimate of drug-likeness (QED) is 0.770. The maximum atomic E-state index is 12.3. The molecule has 0 N–H and O–H groups in total. The zero-order valence-electron chi connectivity index (χ0n) is 16.9. The summed E-state index contributed by atoms with van der Waals surface area (Å²) in [4.78, 5) is 12.3. The van der Waals surface area contributed by atoms with Crippen LogP contribution in [0.5, 0.6) is 17.2 Å². The van der Waals surface area contributed by atoms with Crippen molar-refractivity contribution in [2.45, 2.75) is 31.8 Å². The molecule has 1 saturated heterocycles. The van der Waals surface area contributed by atoms with E-state index in [9.17, 15) is 4.79 Å². The number of hydrogen-bond acceptors (Lipinski definition) is 6. The number of allylic oxidation sites excluding steroid dienone is 2. The smallest absolute Gasteiger partial charge is 0.223 e. The average Bonchev–Trinajstić information content (AvgIpc) is 3.02. The van der Waals surface area contributed by atoms with Crippen molar-refractivity contribution < 1.29 is 28.5 Å². The van der Waals surface area contributed by atoms with Crippen molar-refractivity contribution in [3.05, 3.63) is 41.4 Å². The Balaban J connectivity index is 1.79. The molecular weight excluding hydrogens is 360 g/mol. The topological polar surface area (TPSA) is 63.2 Å². The highest BCUT2D eigenvalue weighted by atomic mass is 16.5. The molecule has 0 radical (unpaired) electrons. The van der Waals surface area contributed by atoms with Crippen LogP contribution in [0.2, 0.25) is 0 Å². The number of ether oxygens (including phenoxy) is 5. The van der Waals surface area contributed by atoms with Crippen LogP contribution in [0.4, 0.5) is 0 Å². The lowest BCUT2D eigenvalue weighted by Gasteiger charge is -2.41. The third-order valence-electron chi connectivity index (χ3n) is 6.48. The van der Waals surface area contributed by atoms with Crippen molar-refractivity contribution in [2.24, 2.45) is 11.3 Å². The second-order valence-electron chi connectivity index (χ2n) is 7.66. The fourth-order valence-electron chi connectivity index (χ4n) is 5.02. The summed E-state index contributed by atoms with van der Waals surface area (Å²) in [7, 11) is 6.39. The summed E-state index contributed by atoms with van der Waals surface area (Å²) in [6.07, 6.45) is 5.36. The molecule has 1 heterocycles. The van der Waals surface area contributed by atoms with E-state index in [-0.39, 0.29) is 29.1 Å². The van der Waals surface area contributed by atoms with E-state index in [0.717, 1.165) is 24.2 Å². The summed E-state index contributed by atoms with van der Waals surface area (Å²) in [6, 6.07) is 4.03. The third-order valence-corrected chi connectivity index (χ3v) is 6.48. The second-order valence-corrected chi connectivity index (χ2v) is 7.66. The van der Waals surface area contributed by atoms with Gasteiger partial charge in [0.1, 0.15) is 11.9 Å². The van der Waals surface area contributed by atoms with Gasteiger partial charge in [0.2, 0.25) is 11.5 Å². The van der Waals surface area contributed by atoms with Crippen molar-refractivity contribution in [1.29, 1.82) is 0 Å². The molecule has 4 rings (SSSR count).